The molecule has 9 nitrogen and oxygen atoms in total. The number of likely N-dealkylation sites (tertiary alicyclic amines) is 1. The zero-order valence-electron chi connectivity index (χ0n) is 23.2. The minimum absolute atomic E-state index is 0.0583. The first-order valence-corrected chi connectivity index (χ1v) is 13.9. The van der Waals surface area contributed by atoms with Gasteiger partial charge < -0.3 is 33.7 Å². The van der Waals surface area contributed by atoms with Gasteiger partial charge in [-0.05, 0) is 74.3 Å². The van der Waals surface area contributed by atoms with Gasteiger partial charge in [-0.25, -0.2) is 4.79 Å². The van der Waals surface area contributed by atoms with Crippen molar-refractivity contribution < 1.29 is 23.7 Å². The molecule has 1 saturated heterocycles. The number of carbonyl (C=O) groups excluding carboxylic acids is 1. The molecule has 0 spiro atoms. The van der Waals surface area contributed by atoms with Crippen LogP contribution in [0.25, 0.3) is 17.0 Å². The summed E-state index contributed by atoms with van der Waals surface area (Å²) >= 11 is 0. The lowest BCUT2D eigenvalue weighted by atomic mass is 10.0. The smallest absolute Gasteiger partial charge is 0.330 e. The molecule has 1 fully saturated rings. The minimum Gasteiger partial charge on any atom is -0.497 e. The average molecular weight is 548 g/mol. The van der Waals surface area contributed by atoms with E-state index in [1.807, 2.05) is 18.2 Å². The lowest BCUT2D eigenvalue weighted by Gasteiger charge is -2.32. The molecular formula is C31H37N3O6. The minimum atomic E-state index is -0.406. The van der Waals surface area contributed by atoms with Crippen LogP contribution in [-0.2, 0) is 22.6 Å². The zero-order valence-corrected chi connectivity index (χ0v) is 23.2. The third-order valence-corrected chi connectivity index (χ3v) is 7.46. The summed E-state index contributed by atoms with van der Waals surface area (Å²) < 4.78 is 23.6. The standard InChI is InChI=1S/C31H37N3O6/c1-3-38-31(36)9-5-23-19-25(37-2)20-27-26(23)6-8-30(35)34(27)15-14-33-12-10-24(11-13-33)32-21-22-4-7-28-29(18-22)40-17-16-39-28/h4-9,18-20,24,32H,3,10-17,21H2,1-2H3. The molecule has 2 aromatic carbocycles. The summed E-state index contributed by atoms with van der Waals surface area (Å²) in [5.41, 5.74) is 2.71. The van der Waals surface area contributed by atoms with Crippen LogP contribution in [0.15, 0.2) is 53.3 Å². The van der Waals surface area contributed by atoms with Gasteiger partial charge in [0.15, 0.2) is 11.5 Å². The molecule has 212 valence electrons. The maximum absolute atomic E-state index is 12.9. The van der Waals surface area contributed by atoms with Gasteiger partial charge >= 0.3 is 5.97 Å². The lowest BCUT2D eigenvalue weighted by Crippen LogP contribution is -2.43. The maximum atomic E-state index is 12.9. The van der Waals surface area contributed by atoms with Crippen LogP contribution in [0.5, 0.6) is 17.2 Å². The molecule has 0 unspecified atom stereocenters. The topological polar surface area (TPSA) is 91.3 Å². The number of methoxy groups -OCH3 is 1. The largest absolute Gasteiger partial charge is 0.497 e. The fourth-order valence-electron chi connectivity index (χ4n) is 5.30. The number of carbonyl (C=O) groups is 1. The number of fused-ring (bicyclic) bond motifs is 2. The molecule has 9 heteroatoms. The third-order valence-electron chi connectivity index (χ3n) is 7.46. The molecule has 0 atom stereocenters. The summed E-state index contributed by atoms with van der Waals surface area (Å²) in [4.78, 5) is 27.2. The van der Waals surface area contributed by atoms with Crippen LogP contribution in [0.3, 0.4) is 0 Å². The summed E-state index contributed by atoms with van der Waals surface area (Å²) in [6.07, 6.45) is 5.21. The lowest BCUT2D eigenvalue weighted by molar-refractivity contribution is -0.137. The van der Waals surface area contributed by atoms with Gasteiger partial charge in [-0.3, -0.25) is 4.79 Å². The summed E-state index contributed by atoms with van der Waals surface area (Å²) in [6, 6.07) is 13.7. The van der Waals surface area contributed by atoms with Crippen molar-refractivity contribution in [3.8, 4) is 17.2 Å². The monoisotopic (exact) mass is 547 g/mol. The first-order chi connectivity index (χ1) is 19.5. The molecule has 1 N–H and O–H groups in total. The van der Waals surface area contributed by atoms with Gasteiger partial charge in [-0.2, -0.15) is 0 Å². The average Bonchev–Trinajstić information content (AvgIpc) is 2.98. The number of aromatic nitrogens is 1. The highest BCUT2D eigenvalue weighted by Gasteiger charge is 2.20. The number of hydrogen-bond acceptors (Lipinski definition) is 8. The van der Waals surface area contributed by atoms with Gasteiger partial charge in [0, 0.05) is 49.3 Å². The molecule has 3 aromatic rings. The fourth-order valence-corrected chi connectivity index (χ4v) is 5.30. The van der Waals surface area contributed by atoms with Gasteiger partial charge in [-0.15, -0.1) is 0 Å². The number of piperidine rings is 1. The van der Waals surface area contributed by atoms with Crippen LogP contribution in [-0.4, -0.2) is 68.0 Å². The molecule has 0 radical (unpaired) electrons. The fraction of sp³-hybridized carbons (Fsp3) is 0.419. The van der Waals surface area contributed by atoms with Crippen LogP contribution in [0, 0.1) is 0 Å². The molecule has 0 saturated carbocycles. The molecule has 2 aliphatic rings. The quantitative estimate of drug-likeness (QED) is 0.304. The van der Waals surface area contributed by atoms with E-state index in [0.29, 0.717) is 38.2 Å². The van der Waals surface area contributed by atoms with Crippen molar-refractivity contribution >= 4 is 22.9 Å². The normalized spacial score (nSPS) is 15.9. The molecule has 0 amide bonds. The van der Waals surface area contributed by atoms with Gasteiger partial charge in [0.2, 0.25) is 0 Å². The molecule has 40 heavy (non-hydrogen) atoms. The van der Waals surface area contributed by atoms with Crippen molar-refractivity contribution in [1.29, 1.82) is 0 Å². The maximum Gasteiger partial charge on any atom is 0.330 e. The Balaban J connectivity index is 1.20. The van der Waals surface area contributed by atoms with E-state index in [0.717, 1.165) is 67.0 Å². The van der Waals surface area contributed by atoms with E-state index >= 15 is 0 Å². The summed E-state index contributed by atoms with van der Waals surface area (Å²) in [6.45, 7) is 7.35. The number of rotatable bonds is 10. The zero-order chi connectivity index (χ0) is 27.9. The predicted molar refractivity (Wildman–Crippen MR) is 154 cm³/mol. The van der Waals surface area contributed by atoms with E-state index in [9.17, 15) is 9.59 Å². The number of benzene rings is 2. The summed E-state index contributed by atoms with van der Waals surface area (Å²) in [7, 11) is 1.59. The Hall–Kier alpha value is -3.82. The number of ether oxygens (including phenoxy) is 4. The molecular weight excluding hydrogens is 510 g/mol. The van der Waals surface area contributed by atoms with Crippen molar-refractivity contribution in [2.45, 2.75) is 38.9 Å². The molecule has 2 aliphatic heterocycles. The van der Waals surface area contributed by atoms with E-state index in [2.05, 4.69) is 22.3 Å². The second-order valence-corrected chi connectivity index (χ2v) is 10.0. The van der Waals surface area contributed by atoms with Gasteiger partial charge in [0.25, 0.3) is 5.56 Å². The Morgan fingerprint density at radius 3 is 2.62 bits per heavy atom. The SMILES string of the molecule is CCOC(=O)C=Cc1cc(OC)cc2c1ccc(=O)n2CCN1CCC(NCc2ccc3c(c2)OCCO3)CC1. The van der Waals surface area contributed by atoms with Crippen LogP contribution in [0.1, 0.15) is 30.9 Å². The molecule has 0 bridgehead atoms. The van der Waals surface area contributed by atoms with Crippen molar-refractivity contribution in [1.82, 2.24) is 14.8 Å². The number of pyridine rings is 1. The van der Waals surface area contributed by atoms with Gasteiger partial charge in [-0.1, -0.05) is 6.07 Å². The molecule has 1 aromatic heterocycles. The van der Waals surface area contributed by atoms with Crippen molar-refractivity contribution in [3.63, 3.8) is 0 Å². The molecule has 3 heterocycles. The predicted octanol–water partition coefficient (Wildman–Crippen LogP) is 3.61. The third kappa shape index (κ3) is 6.66. The highest BCUT2D eigenvalue weighted by molar-refractivity contribution is 5.94. The Morgan fingerprint density at radius 1 is 1.05 bits per heavy atom. The summed E-state index contributed by atoms with van der Waals surface area (Å²) in [5, 5.41) is 4.57. The number of nitrogens with zero attached hydrogens (tertiary/aromatic N) is 2. The Bertz CT molecular complexity index is 1420. The van der Waals surface area contributed by atoms with Crippen LogP contribution in [0.2, 0.25) is 0 Å². The van der Waals surface area contributed by atoms with Crippen molar-refractivity contribution in [2.24, 2.45) is 0 Å². The Kier molecular flexibility index (Phi) is 9.03. The first kappa shape index (κ1) is 27.7. The number of nitrogens with one attached hydrogen (secondary N) is 1. The second kappa shape index (κ2) is 13.0. The van der Waals surface area contributed by atoms with E-state index in [1.165, 1.54) is 11.6 Å². The number of hydrogen-bond donors (Lipinski definition) is 1. The first-order valence-electron chi connectivity index (χ1n) is 13.9. The van der Waals surface area contributed by atoms with E-state index < -0.39 is 5.97 Å². The van der Waals surface area contributed by atoms with E-state index in [4.69, 9.17) is 18.9 Å². The summed E-state index contributed by atoms with van der Waals surface area (Å²) in [5.74, 6) is 1.86. The Labute approximate surface area is 234 Å². The molecule has 5 rings (SSSR count). The van der Waals surface area contributed by atoms with Crippen LogP contribution < -0.4 is 25.1 Å². The second-order valence-electron chi connectivity index (χ2n) is 10.0. The molecule has 0 aliphatic carbocycles. The van der Waals surface area contributed by atoms with Crippen molar-refractivity contribution in [2.75, 3.05) is 46.6 Å². The van der Waals surface area contributed by atoms with Crippen LogP contribution >= 0.6 is 0 Å². The highest BCUT2D eigenvalue weighted by Crippen LogP contribution is 2.31. The van der Waals surface area contributed by atoms with Gasteiger partial charge in [0.1, 0.15) is 19.0 Å². The highest BCUT2D eigenvalue weighted by atomic mass is 16.6. The van der Waals surface area contributed by atoms with E-state index in [-0.39, 0.29) is 5.56 Å². The van der Waals surface area contributed by atoms with E-state index in [1.54, 1.807) is 36.8 Å². The van der Waals surface area contributed by atoms with Gasteiger partial charge in [0.05, 0.1) is 19.2 Å². The van der Waals surface area contributed by atoms with Crippen molar-refractivity contribution in [3.05, 3.63) is 70.0 Å². The number of esters is 1. The van der Waals surface area contributed by atoms with Crippen LogP contribution in [0.4, 0.5) is 0 Å². The Morgan fingerprint density at radius 2 is 1.85 bits per heavy atom.